The van der Waals surface area contributed by atoms with Gasteiger partial charge in [0.15, 0.2) is 18.1 Å². The van der Waals surface area contributed by atoms with Gasteiger partial charge < -0.3 is 29.3 Å². The fourth-order valence-corrected chi connectivity index (χ4v) is 3.53. The van der Waals surface area contributed by atoms with E-state index in [4.69, 9.17) is 34.0 Å². The van der Waals surface area contributed by atoms with Crippen molar-refractivity contribution in [2.75, 3.05) is 46.5 Å². The van der Waals surface area contributed by atoms with Gasteiger partial charge in [0.05, 0.1) is 13.7 Å². The van der Waals surface area contributed by atoms with Crippen LogP contribution >= 0.6 is 15.9 Å². The monoisotopic (exact) mass is 552 g/mol. The molecule has 1 heterocycles. The first kappa shape index (κ1) is 27.9. The first-order chi connectivity index (χ1) is 16.7. The number of carboxylic acids is 2. The molecule has 2 N–H and O–H groups in total. The lowest BCUT2D eigenvalue weighted by atomic mass is 10.1. The summed E-state index contributed by atoms with van der Waals surface area (Å²) in [7, 11) is 1.65. The molecule has 35 heavy (non-hydrogen) atoms. The number of hydrogen-bond acceptors (Lipinski definition) is 7. The van der Waals surface area contributed by atoms with Crippen molar-refractivity contribution in [3.63, 3.8) is 0 Å². The van der Waals surface area contributed by atoms with Crippen LogP contribution in [0.5, 0.6) is 17.2 Å². The summed E-state index contributed by atoms with van der Waals surface area (Å²) in [5.74, 6) is -1.41. The molecule has 10 nitrogen and oxygen atoms in total. The second-order valence-electron chi connectivity index (χ2n) is 7.43. The van der Waals surface area contributed by atoms with Crippen LogP contribution in [0.2, 0.25) is 0 Å². The molecule has 11 heteroatoms. The summed E-state index contributed by atoms with van der Waals surface area (Å²) < 4.78 is 17.6. The van der Waals surface area contributed by atoms with Crippen LogP contribution in [0.3, 0.4) is 0 Å². The highest BCUT2D eigenvalue weighted by atomic mass is 79.9. The van der Waals surface area contributed by atoms with E-state index in [2.05, 4.69) is 26.9 Å². The average Bonchev–Trinajstić information content (AvgIpc) is 2.85. The normalized spacial score (nSPS) is 13.3. The number of carbonyl (C=O) groups is 3. The van der Waals surface area contributed by atoms with Crippen molar-refractivity contribution < 1.29 is 38.8 Å². The molecule has 2 aromatic rings. The molecule has 1 amide bonds. The maximum Gasteiger partial charge on any atom is 0.414 e. The lowest BCUT2D eigenvalue weighted by Crippen LogP contribution is -2.49. The number of hydrogen-bond donors (Lipinski definition) is 2. The first-order valence-electron chi connectivity index (χ1n) is 10.9. The number of carboxylic acid groups (broad SMARTS) is 2. The third-order valence-electron chi connectivity index (χ3n) is 5.02. The molecule has 190 valence electrons. The second kappa shape index (κ2) is 14.2. The van der Waals surface area contributed by atoms with E-state index >= 15 is 0 Å². The van der Waals surface area contributed by atoms with E-state index in [1.165, 1.54) is 5.56 Å². The van der Waals surface area contributed by atoms with Crippen molar-refractivity contribution in [3.05, 3.63) is 52.5 Å². The Morgan fingerprint density at radius 3 is 2.09 bits per heavy atom. The van der Waals surface area contributed by atoms with Gasteiger partial charge in [0.25, 0.3) is 5.91 Å². The molecule has 0 bridgehead atoms. The molecule has 0 atom stereocenters. The highest BCUT2D eigenvalue weighted by Gasteiger charge is 2.21. The Balaban J connectivity index is 0.000000641. The number of ether oxygens (including phenoxy) is 3. The smallest absolute Gasteiger partial charge is 0.414 e. The summed E-state index contributed by atoms with van der Waals surface area (Å²) >= 11 is 3.39. The minimum Gasteiger partial charge on any atom is -0.493 e. The number of aliphatic carboxylic acids is 2. The van der Waals surface area contributed by atoms with Crippen LogP contribution in [0.4, 0.5) is 0 Å². The minimum atomic E-state index is -1.82. The SMILES string of the molecule is CCOc1cc(CN2CCN(C(=O)COc3ccc(Br)cc3)CC2)ccc1OC.O=C(O)C(=O)O. The van der Waals surface area contributed by atoms with Gasteiger partial charge in [0.1, 0.15) is 5.75 Å². The Labute approximate surface area is 212 Å². The van der Waals surface area contributed by atoms with E-state index in [-0.39, 0.29) is 12.5 Å². The maximum atomic E-state index is 12.4. The number of halogens is 1. The van der Waals surface area contributed by atoms with Crippen LogP contribution in [0.15, 0.2) is 46.9 Å². The Bertz CT molecular complexity index is 980. The van der Waals surface area contributed by atoms with Gasteiger partial charge >= 0.3 is 11.9 Å². The van der Waals surface area contributed by atoms with Crippen molar-refractivity contribution in [1.82, 2.24) is 9.80 Å². The van der Waals surface area contributed by atoms with Crippen LogP contribution in [-0.2, 0) is 20.9 Å². The van der Waals surface area contributed by atoms with Crippen molar-refractivity contribution in [2.45, 2.75) is 13.5 Å². The van der Waals surface area contributed by atoms with Crippen LogP contribution in [0.1, 0.15) is 12.5 Å². The summed E-state index contributed by atoms with van der Waals surface area (Å²) in [5, 5.41) is 14.8. The molecule has 0 spiro atoms. The zero-order valence-corrected chi connectivity index (χ0v) is 21.2. The van der Waals surface area contributed by atoms with Gasteiger partial charge in [0.2, 0.25) is 0 Å². The molecular weight excluding hydrogens is 524 g/mol. The molecule has 1 aliphatic rings. The number of rotatable bonds is 8. The highest BCUT2D eigenvalue weighted by Crippen LogP contribution is 2.28. The predicted molar refractivity (Wildman–Crippen MR) is 131 cm³/mol. The van der Waals surface area contributed by atoms with Gasteiger partial charge in [-0.2, -0.15) is 0 Å². The number of nitrogens with zero attached hydrogens (tertiary/aromatic N) is 2. The van der Waals surface area contributed by atoms with Crippen molar-refractivity contribution in [1.29, 1.82) is 0 Å². The lowest BCUT2D eigenvalue weighted by molar-refractivity contribution is -0.159. The van der Waals surface area contributed by atoms with Gasteiger partial charge in [0, 0.05) is 37.2 Å². The van der Waals surface area contributed by atoms with Crippen LogP contribution in [-0.4, -0.2) is 84.4 Å². The van der Waals surface area contributed by atoms with E-state index < -0.39 is 11.9 Å². The van der Waals surface area contributed by atoms with Gasteiger partial charge in [-0.3, -0.25) is 9.69 Å². The minimum absolute atomic E-state index is 0.0237. The fourth-order valence-electron chi connectivity index (χ4n) is 3.27. The zero-order chi connectivity index (χ0) is 25.8. The zero-order valence-electron chi connectivity index (χ0n) is 19.6. The quantitative estimate of drug-likeness (QED) is 0.475. The van der Waals surface area contributed by atoms with E-state index in [0.717, 1.165) is 35.6 Å². The highest BCUT2D eigenvalue weighted by molar-refractivity contribution is 9.10. The molecule has 3 rings (SSSR count). The van der Waals surface area contributed by atoms with Crippen molar-refractivity contribution >= 4 is 33.8 Å². The van der Waals surface area contributed by atoms with Crippen LogP contribution < -0.4 is 14.2 Å². The first-order valence-corrected chi connectivity index (χ1v) is 11.7. The average molecular weight is 553 g/mol. The van der Waals surface area contributed by atoms with Crippen LogP contribution in [0.25, 0.3) is 0 Å². The Kier molecular flexibility index (Phi) is 11.3. The summed E-state index contributed by atoms with van der Waals surface area (Å²) in [6.07, 6.45) is 0. The van der Waals surface area contributed by atoms with Crippen molar-refractivity contribution in [3.8, 4) is 17.2 Å². The largest absolute Gasteiger partial charge is 0.493 e. The van der Waals surface area contributed by atoms with Gasteiger partial charge in [-0.05, 0) is 48.9 Å². The van der Waals surface area contributed by atoms with Gasteiger partial charge in [-0.25, -0.2) is 9.59 Å². The van der Waals surface area contributed by atoms with Crippen LogP contribution in [0, 0.1) is 0 Å². The topological polar surface area (TPSA) is 126 Å². The summed E-state index contributed by atoms with van der Waals surface area (Å²) in [5.41, 5.74) is 1.17. The number of piperazine rings is 1. The lowest BCUT2D eigenvalue weighted by Gasteiger charge is -2.34. The summed E-state index contributed by atoms with van der Waals surface area (Å²) in [6, 6.07) is 13.5. The maximum absolute atomic E-state index is 12.4. The Morgan fingerprint density at radius 2 is 1.54 bits per heavy atom. The summed E-state index contributed by atoms with van der Waals surface area (Å²) in [4.78, 5) is 34.8. The van der Waals surface area contributed by atoms with E-state index in [1.807, 2.05) is 48.2 Å². The molecule has 0 unspecified atom stereocenters. The fraction of sp³-hybridized carbons (Fsp3) is 0.375. The molecular formula is C24H29BrN2O8. The molecule has 0 radical (unpaired) electrons. The number of benzene rings is 2. The molecule has 1 aliphatic heterocycles. The van der Waals surface area contributed by atoms with E-state index in [0.29, 0.717) is 25.4 Å². The third kappa shape index (κ3) is 9.45. The molecule has 0 saturated carbocycles. The number of carbonyl (C=O) groups excluding carboxylic acids is 1. The number of amides is 1. The van der Waals surface area contributed by atoms with Gasteiger partial charge in [-0.15, -0.1) is 0 Å². The van der Waals surface area contributed by atoms with E-state index in [9.17, 15) is 4.79 Å². The standard InChI is InChI=1S/C22H27BrN2O4.C2H2O4/c1-3-28-21-14-17(4-9-20(21)27-2)15-24-10-12-25(13-11-24)22(26)16-29-19-7-5-18(23)6-8-19;3-1(4)2(5)6/h4-9,14H,3,10-13,15-16H2,1-2H3;(H,3,4)(H,5,6). The Morgan fingerprint density at radius 1 is 0.914 bits per heavy atom. The predicted octanol–water partition coefficient (Wildman–Crippen LogP) is 2.74. The molecule has 1 saturated heterocycles. The molecule has 2 aromatic carbocycles. The molecule has 0 aliphatic carbocycles. The van der Waals surface area contributed by atoms with E-state index in [1.54, 1.807) is 7.11 Å². The second-order valence-corrected chi connectivity index (χ2v) is 8.34. The van der Waals surface area contributed by atoms with Crippen molar-refractivity contribution in [2.24, 2.45) is 0 Å². The van der Waals surface area contributed by atoms with Gasteiger partial charge in [-0.1, -0.05) is 22.0 Å². The third-order valence-corrected chi connectivity index (χ3v) is 5.55. The number of methoxy groups -OCH3 is 1. The molecule has 0 aromatic heterocycles. The molecule has 1 fully saturated rings. The Hall–Kier alpha value is -3.31. The summed E-state index contributed by atoms with van der Waals surface area (Å²) in [6.45, 7) is 6.53.